The minimum atomic E-state index is -3.59. The second-order valence-electron chi connectivity index (χ2n) is 9.31. The molecule has 0 radical (unpaired) electrons. The van der Waals surface area contributed by atoms with Crippen LogP contribution in [0.25, 0.3) is 5.69 Å². The van der Waals surface area contributed by atoms with Gasteiger partial charge >= 0.3 is 0 Å². The number of nitrogens with zero attached hydrogens (tertiary/aromatic N) is 4. The topological polar surface area (TPSA) is 97.2 Å². The lowest BCUT2D eigenvalue weighted by Gasteiger charge is -2.31. The predicted octanol–water partition coefficient (Wildman–Crippen LogP) is 3.60. The number of para-hydroxylation sites is 2. The van der Waals surface area contributed by atoms with Gasteiger partial charge in [0.2, 0.25) is 15.9 Å². The Hall–Kier alpha value is -3.04. The summed E-state index contributed by atoms with van der Waals surface area (Å²) in [5, 5.41) is 10.8. The zero-order valence-electron chi connectivity index (χ0n) is 19.1. The first-order valence-electron chi connectivity index (χ1n) is 11.0. The zero-order chi connectivity index (χ0) is 23.6. The maximum atomic E-state index is 13.1. The van der Waals surface area contributed by atoms with Crippen LogP contribution in [0.4, 0.5) is 5.69 Å². The van der Waals surface area contributed by atoms with Gasteiger partial charge in [-0.05, 0) is 48.1 Å². The van der Waals surface area contributed by atoms with E-state index in [1.807, 2.05) is 36.4 Å². The molecule has 1 amide bonds. The molecule has 1 N–H and O–H groups in total. The summed E-state index contributed by atoms with van der Waals surface area (Å²) < 4.78 is 29.3. The maximum absolute atomic E-state index is 13.1. The number of benzene rings is 2. The summed E-state index contributed by atoms with van der Waals surface area (Å²) in [7, 11) is -3.59. The highest BCUT2D eigenvalue weighted by Crippen LogP contribution is 2.28. The molecule has 0 aliphatic carbocycles. The Labute approximate surface area is 194 Å². The lowest BCUT2D eigenvalue weighted by Crippen LogP contribution is -2.41. The van der Waals surface area contributed by atoms with Crippen LogP contribution in [-0.2, 0) is 20.2 Å². The number of aromatic nitrogens is 3. The quantitative estimate of drug-likeness (QED) is 0.618. The van der Waals surface area contributed by atoms with Crippen LogP contribution in [0.2, 0.25) is 0 Å². The molecule has 2 aromatic carbocycles. The van der Waals surface area contributed by atoms with Gasteiger partial charge in [-0.15, -0.1) is 5.10 Å². The SMILES string of the molecule is CC(C)(C)c1ccc(S(=O)(=O)N2CCC(C(=O)Nc3ccccc3-n3ccnn3)CC2)cc1. The van der Waals surface area contributed by atoms with Gasteiger partial charge in [0.25, 0.3) is 0 Å². The summed E-state index contributed by atoms with van der Waals surface area (Å²) >= 11 is 0. The number of sulfonamides is 1. The molecule has 174 valence electrons. The van der Waals surface area contributed by atoms with E-state index in [0.29, 0.717) is 36.5 Å². The normalized spacial score (nSPS) is 16.0. The molecule has 0 saturated carbocycles. The number of carbonyl (C=O) groups excluding carboxylic acids is 1. The monoisotopic (exact) mass is 467 g/mol. The average Bonchev–Trinajstić information content (AvgIpc) is 3.34. The van der Waals surface area contributed by atoms with Crippen LogP contribution in [0.15, 0.2) is 65.8 Å². The summed E-state index contributed by atoms with van der Waals surface area (Å²) in [6.45, 7) is 6.91. The average molecular weight is 468 g/mol. The summed E-state index contributed by atoms with van der Waals surface area (Å²) in [6, 6.07) is 14.5. The fraction of sp³-hybridized carbons (Fsp3) is 0.375. The molecule has 0 atom stereocenters. The minimum Gasteiger partial charge on any atom is -0.324 e. The molecule has 33 heavy (non-hydrogen) atoms. The molecular weight excluding hydrogens is 438 g/mol. The standard InChI is InChI=1S/C24H29N5O3S/c1-24(2,3)19-8-10-20(11-9-19)33(31,32)28-15-12-18(13-16-28)23(30)26-21-6-4-5-7-22(21)29-17-14-25-27-29/h4-11,14,17-18H,12-13,15-16H2,1-3H3,(H,26,30). The third-order valence-electron chi connectivity index (χ3n) is 6.01. The van der Waals surface area contributed by atoms with Gasteiger partial charge in [0.05, 0.1) is 28.7 Å². The van der Waals surface area contributed by atoms with Crippen molar-refractivity contribution in [1.29, 1.82) is 0 Å². The van der Waals surface area contributed by atoms with Gasteiger partial charge in [-0.3, -0.25) is 4.79 Å². The van der Waals surface area contributed by atoms with Gasteiger partial charge < -0.3 is 5.32 Å². The first-order chi connectivity index (χ1) is 15.7. The van der Waals surface area contributed by atoms with Crippen LogP contribution in [0.3, 0.4) is 0 Å². The molecule has 0 unspecified atom stereocenters. The van der Waals surface area contributed by atoms with Crippen molar-refractivity contribution in [1.82, 2.24) is 19.3 Å². The molecule has 0 spiro atoms. The Kier molecular flexibility index (Phi) is 6.36. The molecular formula is C24H29N5O3S. The van der Waals surface area contributed by atoms with Gasteiger partial charge in [-0.1, -0.05) is 50.3 Å². The summed E-state index contributed by atoms with van der Waals surface area (Å²) in [5.74, 6) is -0.377. The number of rotatable bonds is 5. The van der Waals surface area contributed by atoms with Crippen LogP contribution in [-0.4, -0.2) is 46.7 Å². The van der Waals surface area contributed by atoms with Gasteiger partial charge in [-0.2, -0.15) is 4.31 Å². The third kappa shape index (κ3) is 4.99. The second kappa shape index (κ2) is 9.07. The van der Waals surface area contributed by atoms with Crippen molar-refractivity contribution in [2.24, 2.45) is 5.92 Å². The molecule has 1 saturated heterocycles. The predicted molar refractivity (Wildman–Crippen MR) is 127 cm³/mol. The van der Waals surface area contributed by atoms with Crippen LogP contribution < -0.4 is 5.32 Å². The highest BCUT2D eigenvalue weighted by Gasteiger charge is 2.32. The van der Waals surface area contributed by atoms with Gasteiger partial charge in [0.15, 0.2) is 0 Å². The van der Waals surface area contributed by atoms with E-state index in [0.717, 1.165) is 11.3 Å². The maximum Gasteiger partial charge on any atom is 0.243 e. The Morgan fingerprint density at radius 3 is 2.30 bits per heavy atom. The van der Waals surface area contributed by atoms with E-state index in [2.05, 4.69) is 36.4 Å². The zero-order valence-corrected chi connectivity index (χ0v) is 19.9. The molecule has 0 bridgehead atoms. The largest absolute Gasteiger partial charge is 0.324 e. The number of carbonyl (C=O) groups is 1. The van der Waals surface area contributed by atoms with Crippen molar-refractivity contribution < 1.29 is 13.2 Å². The number of piperidine rings is 1. The Morgan fingerprint density at radius 2 is 1.70 bits per heavy atom. The fourth-order valence-corrected chi connectivity index (χ4v) is 5.45. The van der Waals surface area contributed by atoms with Crippen molar-refractivity contribution in [2.45, 2.75) is 43.9 Å². The second-order valence-corrected chi connectivity index (χ2v) is 11.2. The summed E-state index contributed by atoms with van der Waals surface area (Å²) in [5.41, 5.74) is 2.41. The van der Waals surface area contributed by atoms with Crippen molar-refractivity contribution in [3.63, 3.8) is 0 Å². The molecule has 1 aromatic heterocycles. The molecule has 1 aliphatic heterocycles. The Bertz CT molecular complexity index is 1210. The lowest BCUT2D eigenvalue weighted by atomic mass is 9.87. The Morgan fingerprint density at radius 1 is 1.03 bits per heavy atom. The highest BCUT2D eigenvalue weighted by molar-refractivity contribution is 7.89. The van der Waals surface area contributed by atoms with Crippen molar-refractivity contribution in [2.75, 3.05) is 18.4 Å². The van der Waals surface area contributed by atoms with E-state index < -0.39 is 10.0 Å². The first-order valence-corrected chi connectivity index (χ1v) is 12.5. The number of amides is 1. The van der Waals surface area contributed by atoms with Crippen LogP contribution in [0.5, 0.6) is 0 Å². The summed E-state index contributed by atoms with van der Waals surface area (Å²) in [4.78, 5) is 13.2. The van der Waals surface area contributed by atoms with Crippen LogP contribution in [0, 0.1) is 5.92 Å². The van der Waals surface area contributed by atoms with Crippen molar-refractivity contribution >= 4 is 21.6 Å². The molecule has 1 aliphatic rings. The molecule has 1 fully saturated rings. The van der Waals surface area contributed by atoms with E-state index >= 15 is 0 Å². The van der Waals surface area contributed by atoms with Gasteiger partial charge in [0, 0.05) is 19.0 Å². The Balaban J connectivity index is 1.40. The van der Waals surface area contributed by atoms with Crippen molar-refractivity contribution in [3.05, 3.63) is 66.5 Å². The van der Waals surface area contributed by atoms with Gasteiger partial charge in [0.1, 0.15) is 0 Å². The van der Waals surface area contributed by atoms with E-state index in [4.69, 9.17) is 0 Å². The number of anilines is 1. The van der Waals surface area contributed by atoms with E-state index in [-0.39, 0.29) is 17.2 Å². The van der Waals surface area contributed by atoms with E-state index in [1.54, 1.807) is 29.2 Å². The summed E-state index contributed by atoms with van der Waals surface area (Å²) in [6.07, 6.45) is 4.22. The van der Waals surface area contributed by atoms with E-state index in [1.165, 1.54) is 4.31 Å². The minimum absolute atomic E-state index is 0.0411. The lowest BCUT2D eigenvalue weighted by molar-refractivity contribution is -0.120. The molecule has 8 nitrogen and oxygen atoms in total. The number of nitrogens with one attached hydrogen (secondary N) is 1. The fourth-order valence-electron chi connectivity index (χ4n) is 3.98. The van der Waals surface area contributed by atoms with Crippen LogP contribution in [0.1, 0.15) is 39.2 Å². The third-order valence-corrected chi connectivity index (χ3v) is 7.93. The molecule has 3 aromatic rings. The van der Waals surface area contributed by atoms with Crippen LogP contribution >= 0.6 is 0 Å². The van der Waals surface area contributed by atoms with Crippen molar-refractivity contribution in [3.8, 4) is 5.69 Å². The smallest absolute Gasteiger partial charge is 0.243 e. The van der Waals surface area contributed by atoms with Gasteiger partial charge in [-0.25, -0.2) is 13.1 Å². The number of hydrogen-bond donors (Lipinski definition) is 1. The molecule has 2 heterocycles. The first kappa shape index (κ1) is 23.1. The number of hydrogen-bond acceptors (Lipinski definition) is 5. The van der Waals surface area contributed by atoms with E-state index in [9.17, 15) is 13.2 Å². The molecule has 4 rings (SSSR count). The highest BCUT2D eigenvalue weighted by atomic mass is 32.2. The molecule has 9 heteroatoms.